The highest BCUT2D eigenvalue weighted by Crippen LogP contribution is 2.25. The molecule has 0 aliphatic rings. The van der Waals surface area contributed by atoms with Crippen molar-refractivity contribution >= 4 is 38.3 Å². The Bertz CT molecular complexity index is 1080. The van der Waals surface area contributed by atoms with Gasteiger partial charge in [-0.05, 0) is 68.3 Å². The summed E-state index contributed by atoms with van der Waals surface area (Å²) in [5.74, 6) is -0.166. The van der Waals surface area contributed by atoms with E-state index < -0.39 is 10.0 Å². The van der Waals surface area contributed by atoms with Crippen molar-refractivity contribution in [2.45, 2.75) is 27.2 Å². The number of aryl methyl sites for hydroxylation is 2. The number of fused-ring (bicyclic) bond motifs is 1. The van der Waals surface area contributed by atoms with Crippen LogP contribution in [0.15, 0.2) is 47.1 Å². The molecule has 0 aliphatic heterocycles. The van der Waals surface area contributed by atoms with Gasteiger partial charge in [-0.3, -0.25) is 9.52 Å². The number of anilines is 2. The van der Waals surface area contributed by atoms with E-state index in [0.717, 1.165) is 27.7 Å². The number of furan rings is 1. The summed E-state index contributed by atoms with van der Waals surface area (Å²) in [4.78, 5) is 12.4. The summed E-state index contributed by atoms with van der Waals surface area (Å²) in [6, 6.07) is 10.6. The van der Waals surface area contributed by atoms with Gasteiger partial charge in [0.2, 0.25) is 15.9 Å². The van der Waals surface area contributed by atoms with Gasteiger partial charge in [0, 0.05) is 22.3 Å². The fraction of sp³-hybridized carbons (Fsp3) is 0.250. The molecule has 0 bridgehead atoms. The predicted octanol–water partition coefficient (Wildman–Crippen LogP) is 3.99. The molecular weight excluding hydrogens is 364 g/mol. The number of amides is 1. The van der Waals surface area contributed by atoms with Gasteiger partial charge in [-0.1, -0.05) is 0 Å². The molecule has 0 saturated heterocycles. The molecule has 3 aromatic rings. The summed E-state index contributed by atoms with van der Waals surface area (Å²) in [7, 11) is -3.32. The summed E-state index contributed by atoms with van der Waals surface area (Å²) in [5, 5.41) is 3.76. The zero-order valence-corrected chi connectivity index (χ0v) is 16.3. The maximum atomic E-state index is 12.4. The summed E-state index contributed by atoms with van der Waals surface area (Å²) >= 11 is 0. The molecule has 142 valence electrons. The Balaban J connectivity index is 1.68. The molecule has 0 fully saturated rings. The molecule has 1 heterocycles. The van der Waals surface area contributed by atoms with E-state index in [2.05, 4.69) is 10.0 Å². The van der Waals surface area contributed by atoms with Crippen molar-refractivity contribution in [2.75, 3.05) is 15.8 Å². The van der Waals surface area contributed by atoms with Crippen molar-refractivity contribution in [1.29, 1.82) is 0 Å². The normalized spacial score (nSPS) is 11.5. The lowest BCUT2D eigenvalue weighted by Crippen LogP contribution is -2.15. The third kappa shape index (κ3) is 4.49. The van der Waals surface area contributed by atoms with Crippen LogP contribution in [0.5, 0.6) is 0 Å². The van der Waals surface area contributed by atoms with Crippen LogP contribution in [0.1, 0.15) is 23.6 Å². The van der Waals surface area contributed by atoms with Gasteiger partial charge in [-0.2, -0.15) is 0 Å². The van der Waals surface area contributed by atoms with E-state index in [4.69, 9.17) is 4.42 Å². The van der Waals surface area contributed by atoms with Gasteiger partial charge < -0.3 is 9.73 Å². The van der Waals surface area contributed by atoms with Crippen LogP contribution >= 0.6 is 0 Å². The SMILES string of the molecule is CCS(=O)(=O)Nc1ccc(NC(=O)Cc2coc3cc(C)c(C)cc23)cc1. The van der Waals surface area contributed by atoms with E-state index in [0.29, 0.717) is 11.4 Å². The van der Waals surface area contributed by atoms with Crippen LogP contribution in [0, 0.1) is 13.8 Å². The molecule has 1 aromatic heterocycles. The lowest BCUT2D eigenvalue weighted by molar-refractivity contribution is -0.115. The van der Waals surface area contributed by atoms with Crippen LogP contribution in [-0.2, 0) is 21.2 Å². The standard InChI is InChI=1S/C20H22N2O4S/c1-4-27(24,25)22-17-7-5-16(6-8-17)21-20(23)11-15-12-26-19-10-14(3)13(2)9-18(15)19/h5-10,12,22H,4,11H2,1-3H3,(H,21,23). The molecule has 0 radical (unpaired) electrons. The molecule has 0 atom stereocenters. The Morgan fingerprint density at radius 1 is 1.04 bits per heavy atom. The smallest absolute Gasteiger partial charge is 0.232 e. The minimum atomic E-state index is -3.32. The molecule has 3 rings (SSSR count). The number of carbonyl (C=O) groups is 1. The van der Waals surface area contributed by atoms with Gasteiger partial charge in [0.15, 0.2) is 0 Å². The van der Waals surface area contributed by atoms with Gasteiger partial charge in [-0.25, -0.2) is 8.42 Å². The molecule has 7 heteroatoms. The number of hydrogen-bond acceptors (Lipinski definition) is 4. The zero-order chi connectivity index (χ0) is 19.6. The van der Waals surface area contributed by atoms with E-state index >= 15 is 0 Å². The van der Waals surface area contributed by atoms with Crippen LogP contribution in [0.4, 0.5) is 11.4 Å². The first-order valence-electron chi connectivity index (χ1n) is 8.65. The molecule has 27 heavy (non-hydrogen) atoms. The average molecular weight is 386 g/mol. The lowest BCUT2D eigenvalue weighted by Gasteiger charge is -2.08. The molecule has 0 saturated carbocycles. The van der Waals surface area contributed by atoms with Crippen molar-refractivity contribution in [3.63, 3.8) is 0 Å². The summed E-state index contributed by atoms with van der Waals surface area (Å²) in [6.07, 6.45) is 1.81. The predicted molar refractivity (Wildman–Crippen MR) is 108 cm³/mol. The van der Waals surface area contributed by atoms with E-state index in [1.807, 2.05) is 26.0 Å². The molecule has 2 aromatic carbocycles. The highest BCUT2D eigenvalue weighted by Gasteiger charge is 2.12. The summed E-state index contributed by atoms with van der Waals surface area (Å²) in [5.41, 5.74) is 4.95. The van der Waals surface area contributed by atoms with Crippen molar-refractivity contribution < 1.29 is 17.6 Å². The van der Waals surface area contributed by atoms with Crippen LogP contribution in [0.3, 0.4) is 0 Å². The van der Waals surface area contributed by atoms with E-state index in [-0.39, 0.29) is 18.1 Å². The molecule has 1 amide bonds. The Kier molecular flexibility index (Phi) is 5.23. The zero-order valence-electron chi connectivity index (χ0n) is 15.5. The van der Waals surface area contributed by atoms with Crippen LogP contribution in [-0.4, -0.2) is 20.1 Å². The fourth-order valence-electron chi connectivity index (χ4n) is 2.72. The van der Waals surface area contributed by atoms with Gasteiger partial charge in [0.25, 0.3) is 0 Å². The van der Waals surface area contributed by atoms with Gasteiger partial charge in [0.1, 0.15) is 5.58 Å². The van der Waals surface area contributed by atoms with Crippen molar-refractivity contribution in [2.24, 2.45) is 0 Å². The van der Waals surface area contributed by atoms with E-state index in [1.165, 1.54) is 0 Å². The van der Waals surface area contributed by atoms with Crippen LogP contribution in [0.2, 0.25) is 0 Å². The fourth-order valence-corrected chi connectivity index (χ4v) is 3.36. The second-order valence-corrected chi connectivity index (χ2v) is 8.51. The Hall–Kier alpha value is -2.80. The number of nitrogens with one attached hydrogen (secondary N) is 2. The van der Waals surface area contributed by atoms with Crippen molar-refractivity contribution in [3.8, 4) is 0 Å². The van der Waals surface area contributed by atoms with Crippen molar-refractivity contribution in [1.82, 2.24) is 0 Å². The Morgan fingerprint density at radius 2 is 1.67 bits per heavy atom. The molecule has 2 N–H and O–H groups in total. The minimum Gasteiger partial charge on any atom is -0.464 e. The molecule has 0 aliphatic carbocycles. The quantitative estimate of drug-likeness (QED) is 0.670. The molecule has 6 nitrogen and oxygen atoms in total. The van der Waals surface area contributed by atoms with Gasteiger partial charge in [-0.15, -0.1) is 0 Å². The lowest BCUT2D eigenvalue weighted by atomic mass is 10.0. The Morgan fingerprint density at radius 3 is 2.33 bits per heavy atom. The summed E-state index contributed by atoms with van der Waals surface area (Å²) < 4.78 is 31.2. The first-order chi connectivity index (χ1) is 12.8. The van der Waals surface area contributed by atoms with Crippen molar-refractivity contribution in [3.05, 3.63) is 59.4 Å². The topological polar surface area (TPSA) is 88.4 Å². The third-order valence-electron chi connectivity index (χ3n) is 4.44. The van der Waals surface area contributed by atoms with Gasteiger partial charge in [0.05, 0.1) is 18.4 Å². The second kappa shape index (κ2) is 7.44. The van der Waals surface area contributed by atoms with Crippen LogP contribution in [0.25, 0.3) is 11.0 Å². The molecule has 0 unspecified atom stereocenters. The number of carbonyl (C=O) groups excluding carboxylic acids is 1. The number of sulfonamides is 1. The number of rotatable bonds is 6. The second-order valence-electron chi connectivity index (χ2n) is 6.50. The van der Waals surface area contributed by atoms with E-state index in [9.17, 15) is 13.2 Å². The average Bonchev–Trinajstić information content (AvgIpc) is 2.98. The largest absolute Gasteiger partial charge is 0.464 e. The molecular formula is C20H22N2O4S. The van der Waals surface area contributed by atoms with Gasteiger partial charge >= 0.3 is 0 Å². The number of hydrogen-bond donors (Lipinski definition) is 2. The highest BCUT2D eigenvalue weighted by atomic mass is 32.2. The maximum Gasteiger partial charge on any atom is 0.232 e. The minimum absolute atomic E-state index is 0.00312. The monoisotopic (exact) mass is 386 g/mol. The van der Waals surface area contributed by atoms with Crippen LogP contribution < -0.4 is 10.0 Å². The first-order valence-corrected chi connectivity index (χ1v) is 10.3. The van der Waals surface area contributed by atoms with E-state index in [1.54, 1.807) is 37.5 Å². The highest BCUT2D eigenvalue weighted by molar-refractivity contribution is 7.92. The Labute approximate surface area is 158 Å². The first kappa shape index (κ1) is 19.0. The maximum absolute atomic E-state index is 12.4. The number of benzene rings is 2. The third-order valence-corrected chi connectivity index (χ3v) is 5.75. The summed E-state index contributed by atoms with van der Waals surface area (Å²) in [6.45, 7) is 5.62. The molecule has 0 spiro atoms.